The summed E-state index contributed by atoms with van der Waals surface area (Å²) in [5.41, 5.74) is 1.24. The van der Waals surface area contributed by atoms with Crippen molar-refractivity contribution < 1.29 is 9.90 Å². The predicted octanol–water partition coefficient (Wildman–Crippen LogP) is 3.00. The molecule has 0 aromatic heterocycles. The van der Waals surface area contributed by atoms with Crippen LogP contribution in [0.4, 0.5) is 5.69 Å². The van der Waals surface area contributed by atoms with Crippen molar-refractivity contribution in [3.05, 3.63) is 28.2 Å². The highest BCUT2D eigenvalue weighted by Gasteiger charge is 2.25. The van der Waals surface area contributed by atoms with Crippen molar-refractivity contribution in [2.24, 2.45) is 5.92 Å². The van der Waals surface area contributed by atoms with Crippen molar-refractivity contribution in [1.82, 2.24) is 0 Å². The average molecular weight is 308 g/mol. The number of carbonyl (C=O) groups is 1. The summed E-state index contributed by atoms with van der Waals surface area (Å²) in [5.74, 6) is 2.46. The highest BCUT2D eigenvalue weighted by Crippen LogP contribution is 2.34. The van der Waals surface area contributed by atoms with Crippen LogP contribution in [0.5, 0.6) is 0 Å². The Morgan fingerprint density at radius 3 is 2.78 bits per heavy atom. The van der Waals surface area contributed by atoms with Crippen molar-refractivity contribution in [3.8, 4) is 12.3 Å². The second kappa shape index (κ2) is 5.45. The molecule has 3 nitrogen and oxygen atoms in total. The normalized spacial score (nSPS) is 14.0. The Kier molecular flexibility index (Phi) is 3.93. The molecule has 0 spiro atoms. The number of carboxylic acid groups (broad SMARTS) is 1. The molecule has 0 unspecified atom stereocenters. The molecule has 94 valence electrons. The third kappa shape index (κ3) is 3.05. The molecular weight excluding hydrogens is 294 g/mol. The Labute approximate surface area is 115 Å². The maximum Gasteiger partial charge on any atom is 0.335 e. The van der Waals surface area contributed by atoms with E-state index in [1.807, 2.05) is 6.07 Å². The molecule has 0 aliphatic heterocycles. The lowest BCUT2D eigenvalue weighted by Gasteiger charge is -2.23. The molecule has 0 heterocycles. The molecule has 0 amide bonds. The first-order chi connectivity index (χ1) is 8.61. The van der Waals surface area contributed by atoms with Gasteiger partial charge in [-0.15, -0.1) is 6.42 Å². The Hall–Kier alpha value is -1.47. The summed E-state index contributed by atoms with van der Waals surface area (Å²) in [4.78, 5) is 13.0. The van der Waals surface area contributed by atoms with Gasteiger partial charge in [0.1, 0.15) is 0 Å². The Balaban J connectivity index is 2.23. The molecule has 0 atom stereocenters. The third-order valence-corrected chi connectivity index (χ3v) is 3.63. The molecule has 1 aliphatic rings. The summed E-state index contributed by atoms with van der Waals surface area (Å²) in [6.45, 7) is 1.48. The number of hydrogen-bond acceptors (Lipinski definition) is 2. The van der Waals surface area contributed by atoms with Gasteiger partial charge >= 0.3 is 5.97 Å². The standard InChI is InChI=1S/C14H14BrNO2/c1-2-7-16(9-10-3-4-10)13-6-5-11(14(17)18)8-12(13)15/h1,5-6,8,10H,3-4,7,9H2,(H,17,18). The summed E-state index contributed by atoms with van der Waals surface area (Å²) in [7, 11) is 0. The third-order valence-electron chi connectivity index (χ3n) is 2.99. The Morgan fingerprint density at radius 2 is 2.28 bits per heavy atom. The van der Waals surface area contributed by atoms with E-state index in [4.69, 9.17) is 11.5 Å². The molecular formula is C14H14BrNO2. The minimum absolute atomic E-state index is 0.276. The fourth-order valence-corrected chi connectivity index (χ4v) is 2.50. The largest absolute Gasteiger partial charge is 0.478 e. The van der Waals surface area contributed by atoms with Crippen LogP contribution in [0.2, 0.25) is 0 Å². The second-order valence-corrected chi connectivity index (χ2v) is 5.35. The van der Waals surface area contributed by atoms with E-state index < -0.39 is 5.97 Å². The fraction of sp³-hybridized carbons (Fsp3) is 0.357. The van der Waals surface area contributed by atoms with Crippen molar-refractivity contribution in [2.75, 3.05) is 18.0 Å². The SMILES string of the molecule is C#CCN(CC1CC1)c1ccc(C(=O)O)cc1Br. The molecule has 0 bridgehead atoms. The number of aromatic carboxylic acids is 1. The van der Waals surface area contributed by atoms with Crippen LogP contribution in [0.15, 0.2) is 22.7 Å². The monoisotopic (exact) mass is 307 g/mol. The lowest BCUT2D eigenvalue weighted by Crippen LogP contribution is -2.26. The minimum atomic E-state index is -0.923. The molecule has 0 saturated heterocycles. The van der Waals surface area contributed by atoms with E-state index in [-0.39, 0.29) is 5.56 Å². The van der Waals surface area contributed by atoms with Gasteiger partial charge in [-0.05, 0) is 52.9 Å². The van der Waals surface area contributed by atoms with Crippen molar-refractivity contribution in [2.45, 2.75) is 12.8 Å². The van der Waals surface area contributed by atoms with Crippen LogP contribution >= 0.6 is 15.9 Å². The first kappa shape index (κ1) is 13.0. The molecule has 4 heteroatoms. The van der Waals surface area contributed by atoms with E-state index in [1.54, 1.807) is 12.1 Å². The number of benzene rings is 1. The number of rotatable bonds is 5. The number of halogens is 1. The van der Waals surface area contributed by atoms with Crippen LogP contribution < -0.4 is 4.90 Å². The molecule has 1 aromatic carbocycles. The zero-order chi connectivity index (χ0) is 13.1. The Bertz CT molecular complexity index is 503. The summed E-state index contributed by atoms with van der Waals surface area (Å²) >= 11 is 3.42. The van der Waals surface area contributed by atoms with Crippen LogP contribution in [0.1, 0.15) is 23.2 Å². The van der Waals surface area contributed by atoms with Gasteiger partial charge in [0.2, 0.25) is 0 Å². The zero-order valence-electron chi connectivity index (χ0n) is 9.90. The molecule has 1 N–H and O–H groups in total. The van der Waals surface area contributed by atoms with E-state index in [1.165, 1.54) is 12.8 Å². The molecule has 1 saturated carbocycles. The number of anilines is 1. The van der Waals surface area contributed by atoms with Gasteiger partial charge in [0.05, 0.1) is 17.8 Å². The first-order valence-corrected chi connectivity index (χ1v) is 6.62. The van der Waals surface area contributed by atoms with E-state index in [0.717, 1.165) is 22.6 Å². The molecule has 2 rings (SSSR count). The van der Waals surface area contributed by atoms with Gasteiger partial charge in [0.25, 0.3) is 0 Å². The van der Waals surface area contributed by atoms with E-state index >= 15 is 0 Å². The van der Waals surface area contributed by atoms with Crippen LogP contribution in [0.3, 0.4) is 0 Å². The summed E-state index contributed by atoms with van der Waals surface area (Å²) in [6.07, 6.45) is 7.90. The van der Waals surface area contributed by atoms with Gasteiger partial charge in [0.15, 0.2) is 0 Å². The van der Waals surface area contributed by atoms with Crippen LogP contribution in [0, 0.1) is 18.3 Å². The summed E-state index contributed by atoms with van der Waals surface area (Å²) in [6, 6.07) is 5.04. The van der Waals surface area contributed by atoms with Crippen molar-refractivity contribution in [1.29, 1.82) is 0 Å². The molecule has 0 radical (unpaired) electrons. The van der Waals surface area contributed by atoms with E-state index in [0.29, 0.717) is 6.54 Å². The fourth-order valence-electron chi connectivity index (χ4n) is 1.87. The minimum Gasteiger partial charge on any atom is -0.478 e. The van der Waals surface area contributed by atoms with Gasteiger partial charge in [-0.3, -0.25) is 0 Å². The Morgan fingerprint density at radius 1 is 1.56 bits per heavy atom. The number of terminal acetylenes is 1. The highest BCUT2D eigenvalue weighted by molar-refractivity contribution is 9.10. The van der Waals surface area contributed by atoms with Gasteiger partial charge < -0.3 is 10.0 Å². The molecule has 1 aromatic rings. The average Bonchev–Trinajstić information content (AvgIpc) is 3.12. The van der Waals surface area contributed by atoms with Crippen molar-refractivity contribution >= 4 is 27.6 Å². The number of carboxylic acids is 1. The van der Waals surface area contributed by atoms with Crippen LogP contribution in [-0.2, 0) is 0 Å². The molecule has 1 fully saturated rings. The quantitative estimate of drug-likeness (QED) is 0.850. The lowest BCUT2D eigenvalue weighted by molar-refractivity contribution is 0.0697. The van der Waals surface area contributed by atoms with Crippen molar-refractivity contribution in [3.63, 3.8) is 0 Å². The number of nitrogens with zero attached hydrogens (tertiary/aromatic N) is 1. The van der Waals surface area contributed by atoms with Gasteiger partial charge in [-0.25, -0.2) is 4.79 Å². The number of hydrogen-bond donors (Lipinski definition) is 1. The molecule has 1 aliphatic carbocycles. The smallest absolute Gasteiger partial charge is 0.335 e. The van der Waals surface area contributed by atoms with Gasteiger partial charge in [-0.1, -0.05) is 5.92 Å². The van der Waals surface area contributed by atoms with E-state index in [2.05, 4.69) is 26.8 Å². The summed E-state index contributed by atoms with van der Waals surface area (Å²) < 4.78 is 0.776. The second-order valence-electron chi connectivity index (χ2n) is 4.50. The van der Waals surface area contributed by atoms with Gasteiger partial charge in [0, 0.05) is 11.0 Å². The molecule has 18 heavy (non-hydrogen) atoms. The predicted molar refractivity (Wildman–Crippen MR) is 74.9 cm³/mol. The van der Waals surface area contributed by atoms with Crippen LogP contribution in [0.25, 0.3) is 0 Å². The summed E-state index contributed by atoms with van der Waals surface area (Å²) in [5, 5.41) is 8.93. The van der Waals surface area contributed by atoms with E-state index in [9.17, 15) is 4.79 Å². The topological polar surface area (TPSA) is 40.5 Å². The maximum absolute atomic E-state index is 10.9. The highest BCUT2D eigenvalue weighted by atomic mass is 79.9. The maximum atomic E-state index is 10.9. The first-order valence-electron chi connectivity index (χ1n) is 5.83. The van der Waals surface area contributed by atoms with Crippen LogP contribution in [-0.4, -0.2) is 24.2 Å². The van der Waals surface area contributed by atoms with Gasteiger partial charge in [-0.2, -0.15) is 0 Å². The zero-order valence-corrected chi connectivity index (χ0v) is 11.5. The lowest BCUT2D eigenvalue weighted by atomic mass is 10.2.